The fraction of sp³-hybridized carbons (Fsp3) is 0.174. The Morgan fingerprint density at radius 1 is 0.964 bits per heavy atom. The quantitative estimate of drug-likeness (QED) is 0.368. The Morgan fingerprint density at radius 2 is 1.71 bits per heavy atom. The molecule has 2 aromatic heterocycles. The average molecular weight is 387 g/mol. The summed E-state index contributed by atoms with van der Waals surface area (Å²) in [4.78, 5) is 11.3. The first-order valence-electron chi connectivity index (χ1n) is 9.48. The molecule has 0 aliphatic carbocycles. The highest BCUT2D eigenvalue weighted by Crippen LogP contribution is 2.29. The largest absolute Gasteiger partial charge is 0.345 e. The third-order valence-electron chi connectivity index (χ3n) is 4.70. The van der Waals surface area contributed by atoms with Crippen LogP contribution in [0.5, 0.6) is 0 Å². The average Bonchev–Trinajstić information content (AvgIpc) is 2.74. The number of thiocarbonyl (C=S) groups is 1. The van der Waals surface area contributed by atoms with Gasteiger partial charge in [0.1, 0.15) is 0 Å². The van der Waals surface area contributed by atoms with E-state index in [1.807, 2.05) is 24.4 Å². The smallest absolute Gasteiger partial charge is 0.173 e. The first-order valence-corrected chi connectivity index (χ1v) is 9.89. The minimum Gasteiger partial charge on any atom is -0.345 e. The second kappa shape index (κ2) is 8.31. The predicted molar refractivity (Wildman–Crippen MR) is 120 cm³/mol. The SMILES string of the molecule is CCCN(Cc1ccccc1)C(=S)Nc1cc2cccnc2c2cccnc12. The fourth-order valence-corrected chi connectivity index (χ4v) is 3.68. The van der Waals surface area contributed by atoms with Crippen LogP contribution in [0.25, 0.3) is 21.8 Å². The Kier molecular flexibility index (Phi) is 5.44. The number of pyridine rings is 2. The normalized spacial score (nSPS) is 10.9. The zero-order valence-corrected chi connectivity index (χ0v) is 16.6. The molecule has 0 bridgehead atoms. The lowest BCUT2D eigenvalue weighted by molar-refractivity contribution is 0.418. The van der Waals surface area contributed by atoms with E-state index in [9.17, 15) is 0 Å². The zero-order chi connectivity index (χ0) is 19.3. The highest BCUT2D eigenvalue weighted by Gasteiger charge is 2.13. The van der Waals surface area contributed by atoms with Crippen LogP contribution in [0.2, 0.25) is 0 Å². The molecule has 2 heterocycles. The van der Waals surface area contributed by atoms with Crippen LogP contribution in [0.1, 0.15) is 18.9 Å². The summed E-state index contributed by atoms with van der Waals surface area (Å²) in [6, 6.07) is 20.5. The molecule has 0 aliphatic rings. The first-order chi connectivity index (χ1) is 13.8. The van der Waals surface area contributed by atoms with Gasteiger partial charge in [-0.2, -0.15) is 0 Å². The van der Waals surface area contributed by atoms with E-state index in [0.29, 0.717) is 5.11 Å². The van der Waals surface area contributed by atoms with Crippen LogP contribution in [0.3, 0.4) is 0 Å². The number of nitrogens with zero attached hydrogens (tertiary/aromatic N) is 3. The Balaban J connectivity index is 1.68. The maximum absolute atomic E-state index is 5.78. The molecule has 0 saturated heterocycles. The van der Waals surface area contributed by atoms with Crippen molar-refractivity contribution < 1.29 is 0 Å². The van der Waals surface area contributed by atoms with Crippen LogP contribution in [-0.4, -0.2) is 26.5 Å². The third-order valence-corrected chi connectivity index (χ3v) is 5.06. The lowest BCUT2D eigenvalue weighted by Crippen LogP contribution is -2.35. The summed E-state index contributed by atoms with van der Waals surface area (Å²) < 4.78 is 0. The Labute approximate surface area is 170 Å². The van der Waals surface area contributed by atoms with Gasteiger partial charge in [0.05, 0.1) is 16.7 Å². The third kappa shape index (κ3) is 3.80. The monoisotopic (exact) mass is 386 g/mol. The van der Waals surface area contributed by atoms with Gasteiger partial charge in [-0.25, -0.2) is 0 Å². The summed E-state index contributed by atoms with van der Waals surface area (Å²) in [7, 11) is 0. The summed E-state index contributed by atoms with van der Waals surface area (Å²) in [5.41, 5.74) is 3.99. The number of rotatable bonds is 5. The van der Waals surface area contributed by atoms with Crippen molar-refractivity contribution >= 4 is 44.8 Å². The van der Waals surface area contributed by atoms with Gasteiger partial charge < -0.3 is 10.2 Å². The van der Waals surface area contributed by atoms with Gasteiger partial charge in [-0.05, 0) is 48.5 Å². The van der Waals surface area contributed by atoms with Crippen molar-refractivity contribution in [1.29, 1.82) is 0 Å². The van der Waals surface area contributed by atoms with E-state index in [0.717, 1.165) is 47.0 Å². The summed E-state index contributed by atoms with van der Waals surface area (Å²) in [6.07, 6.45) is 4.64. The van der Waals surface area contributed by atoms with Gasteiger partial charge in [0.2, 0.25) is 0 Å². The van der Waals surface area contributed by atoms with Gasteiger partial charge in [-0.15, -0.1) is 0 Å². The highest BCUT2D eigenvalue weighted by atomic mass is 32.1. The van der Waals surface area contributed by atoms with Gasteiger partial charge >= 0.3 is 0 Å². The molecular weight excluding hydrogens is 364 g/mol. The zero-order valence-electron chi connectivity index (χ0n) is 15.8. The Morgan fingerprint density at radius 3 is 2.50 bits per heavy atom. The van der Waals surface area contributed by atoms with Crippen LogP contribution >= 0.6 is 12.2 Å². The van der Waals surface area contributed by atoms with Crippen LogP contribution in [0.15, 0.2) is 73.1 Å². The van der Waals surface area contributed by atoms with Crippen molar-refractivity contribution in [2.45, 2.75) is 19.9 Å². The summed E-state index contributed by atoms with van der Waals surface area (Å²) in [5, 5.41) is 6.25. The van der Waals surface area contributed by atoms with Crippen molar-refractivity contribution in [2.24, 2.45) is 0 Å². The molecule has 0 amide bonds. The highest BCUT2D eigenvalue weighted by molar-refractivity contribution is 7.80. The number of nitrogens with one attached hydrogen (secondary N) is 1. The minimum atomic E-state index is 0.709. The number of hydrogen-bond donors (Lipinski definition) is 1. The topological polar surface area (TPSA) is 41.0 Å². The molecule has 0 saturated carbocycles. The number of fused-ring (bicyclic) bond motifs is 3. The standard InChI is InChI=1S/C23H22N4S/c1-2-14-27(16-17-8-4-3-5-9-17)23(28)26-20-15-18-10-6-12-24-21(18)19-11-7-13-25-22(19)20/h3-13,15H,2,14,16H2,1H3,(H,26,28). The van der Waals surface area contributed by atoms with Crippen molar-refractivity contribution in [3.63, 3.8) is 0 Å². The van der Waals surface area contributed by atoms with E-state index in [4.69, 9.17) is 12.2 Å². The lowest BCUT2D eigenvalue weighted by atomic mass is 10.1. The van der Waals surface area contributed by atoms with E-state index >= 15 is 0 Å². The molecule has 0 aliphatic heterocycles. The first kappa shape index (κ1) is 18.3. The predicted octanol–water partition coefficient (Wildman–Crippen LogP) is 5.39. The van der Waals surface area contributed by atoms with Crippen molar-refractivity contribution in [1.82, 2.24) is 14.9 Å². The molecule has 4 aromatic rings. The minimum absolute atomic E-state index is 0.709. The van der Waals surface area contributed by atoms with Crippen LogP contribution < -0.4 is 5.32 Å². The molecule has 5 heteroatoms. The van der Waals surface area contributed by atoms with Crippen molar-refractivity contribution in [3.05, 3.63) is 78.6 Å². The maximum Gasteiger partial charge on any atom is 0.173 e. The van der Waals surface area contributed by atoms with Crippen molar-refractivity contribution in [3.8, 4) is 0 Å². The number of aromatic nitrogens is 2. The molecule has 28 heavy (non-hydrogen) atoms. The Hall–Kier alpha value is -3.05. The van der Waals surface area contributed by atoms with E-state index in [1.54, 1.807) is 6.20 Å². The molecule has 2 aromatic carbocycles. The number of benzene rings is 2. The van der Waals surface area contributed by atoms with E-state index in [2.05, 4.69) is 69.6 Å². The molecule has 4 nitrogen and oxygen atoms in total. The molecule has 0 fully saturated rings. The second-order valence-electron chi connectivity index (χ2n) is 6.74. The van der Waals surface area contributed by atoms with Gasteiger partial charge in [0.15, 0.2) is 5.11 Å². The second-order valence-corrected chi connectivity index (χ2v) is 7.12. The van der Waals surface area contributed by atoms with Gasteiger partial charge in [-0.1, -0.05) is 43.3 Å². The molecule has 0 unspecified atom stereocenters. The number of hydrogen-bond acceptors (Lipinski definition) is 3. The van der Waals surface area contributed by atoms with Crippen LogP contribution in [-0.2, 0) is 6.54 Å². The molecule has 4 rings (SSSR count). The molecular formula is C23H22N4S. The van der Waals surface area contributed by atoms with Gasteiger partial charge in [-0.3, -0.25) is 9.97 Å². The van der Waals surface area contributed by atoms with Crippen molar-refractivity contribution in [2.75, 3.05) is 11.9 Å². The van der Waals surface area contributed by atoms with Gasteiger partial charge in [0.25, 0.3) is 0 Å². The Bertz CT molecular complexity index is 1110. The maximum atomic E-state index is 5.78. The molecule has 140 valence electrons. The van der Waals surface area contributed by atoms with Gasteiger partial charge in [0, 0.05) is 36.3 Å². The summed E-state index contributed by atoms with van der Waals surface area (Å²) >= 11 is 5.78. The molecule has 0 atom stereocenters. The van der Waals surface area contributed by atoms with E-state index in [1.165, 1.54) is 5.56 Å². The summed E-state index contributed by atoms with van der Waals surface area (Å²) in [6.45, 7) is 3.83. The summed E-state index contributed by atoms with van der Waals surface area (Å²) in [5.74, 6) is 0. The lowest BCUT2D eigenvalue weighted by Gasteiger charge is -2.26. The number of anilines is 1. The van der Waals surface area contributed by atoms with Crippen LogP contribution in [0.4, 0.5) is 5.69 Å². The van der Waals surface area contributed by atoms with Crippen LogP contribution in [0, 0.1) is 0 Å². The van der Waals surface area contributed by atoms with E-state index in [-0.39, 0.29) is 0 Å². The van der Waals surface area contributed by atoms with E-state index < -0.39 is 0 Å². The molecule has 0 spiro atoms. The molecule has 0 radical (unpaired) electrons. The molecule has 1 N–H and O–H groups in total. The fourth-order valence-electron chi connectivity index (χ4n) is 3.41.